The van der Waals surface area contributed by atoms with Crippen molar-refractivity contribution >= 4 is 55.8 Å². The van der Waals surface area contributed by atoms with E-state index in [1.54, 1.807) is 0 Å². The number of anilines is 2. The Hall–Kier alpha value is -4.73. The summed E-state index contributed by atoms with van der Waals surface area (Å²) in [6.07, 6.45) is -7.91. The van der Waals surface area contributed by atoms with E-state index in [1.165, 1.54) is 19.2 Å². The van der Waals surface area contributed by atoms with E-state index in [-0.39, 0.29) is 50.2 Å². The van der Waals surface area contributed by atoms with Gasteiger partial charge in [-0.15, -0.1) is 0 Å². The monoisotopic (exact) mass is 621 g/mol. The largest absolute Gasteiger partial charge is 0.417 e. The van der Waals surface area contributed by atoms with E-state index in [0.29, 0.717) is 22.2 Å². The number of alkyl halides is 5. The first-order valence-electron chi connectivity index (χ1n) is 12.4. The summed E-state index contributed by atoms with van der Waals surface area (Å²) < 4.78 is 102. The van der Waals surface area contributed by atoms with Crippen molar-refractivity contribution in [2.75, 3.05) is 5.32 Å². The predicted molar refractivity (Wildman–Crippen MR) is 140 cm³/mol. The minimum Gasteiger partial charge on any atom is -0.338 e. The third-order valence-corrected chi connectivity index (χ3v) is 8.61. The summed E-state index contributed by atoms with van der Waals surface area (Å²) in [4.78, 5) is 40.1. The average Bonchev–Trinajstić information content (AvgIpc) is 3.55. The van der Waals surface area contributed by atoms with E-state index < -0.39 is 64.0 Å². The fourth-order valence-electron chi connectivity index (χ4n) is 6.00. The van der Waals surface area contributed by atoms with E-state index in [9.17, 15) is 45.1 Å². The number of carbonyl (C=O) groups is 2. The molecule has 7 rings (SSSR count). The van der Waals surface area contributed by atoms with Gasteiger partial charge in [-0.1, -0.05) is 0 Å². The van der Waals surface area contributed by atoms with Crippen LogP contribution in [0.2, 0.25) is 0 Å². The van der Waals surface area contributed by atoms with Gasteiger partial charge in [-0.25, -0.2) is 22.4 Å². The second-order valence-electron chi connectivity index (χ2n) is 10.1. The molecule has 2 aromatic heterocycles. The van der Waals surface area contributed by atoms with Gasteiger partial charge in [0.1, 0.15) is 11.6 Å². The lowest BCUT2D eigenvalue weighted by atomic mass is 9.65. The molecule has 2 aliphatic rings. The highest BCUT2D eigenvalue weighted by molar-refractivity contribution is 7.14. The van der Waals surface area contributed by atoms with Crippen LogP contribution in [0.25, 0.3) is 21.1 Å². The third kappa shape index (κ3) is 3.55. The van der Waals surface area contributed by atoms with Gasteiger partial charge < -0.3 is 10.6 Å². The molecule has 43 heavy (non-hydrogen) atoms. The molecule has 1 amide bonds. The van der Waals surface area contributed by atoms with Gasteiger partial charge >= 0.3 is 11.9 Å². The molecule has 1 aliphatic heterocycles. The van der Waals surface area contributed by atoms with Gasteiger partial charge in [-0.05, 0) is 47.9 Å². The van der Waals surface area contributed by atoms with E-state index in [4.69, 9.17) is 0 Å². The lowest BCUT2D eigenvalue weighted by Gasteiger charge is -2.40. The number of aryl methyl sites for hydroxylation is 1. The van der Waals surface area contributed by atoms with Crippen molar-refractivity contribution in [2.24, 2.45) is 7.05 Å². The first-order chi connectivity index (χ1) is 20.2. The van der Waals surface area contributed by atoms with Crippen LogP contribution in [-0.4, -0.2) is 31.6 Å². The van der Waals surface area contributed by atoms with Crippen LogP contribution in [0, 0.1) is 11.6 Å². The van der Waals surface area contributed by atoms with Crippen LogP contribution >= 0.6 is 11.5 Å². The van der Waals surface area contributed by atoms with Crippen LogP contribution < -0.4 is 16.3 Å². The maximum absolute atomic E-state index is 14.4. The Morgan fingerprint density at radius 3 is 2.51 bits per heavy atom. The van der Waals surface area contributed by atoms with E-state index >= 15 is 0 Å². The van der Waals surface area contributed by atoms with Gasteiger partial charge in [0.15, 0.2) is 17.1 Å². The third-order valence-electron chi connectivity index (χ3n) is 7.71. The van der Waals surface area contributed by atoms with Crippen LogP contribution in [0.15, 0.2) is 41.2 Å². The minimum atomic E-state index is -4.92. The number of fused-ring (bicyclic) bond motifs is 7. The molecule has 0 radical (unpaired) electrons. The molecule has 1 atom stereocenters. The van der Waals surface area contributed by atoms with Crippen LogP contribution in [0.3, 0.4) is 0 Å². The summed E-state index contributed by atoms with van der Waals surface area (Å²) in [7, 11) is 1.24. The topological polar surface area (TPSA) is 98.0 Å². The molecule has 0 bridgehead atoms. The predicted octanol–water partition coefficient (Wildman–Crippen LogP) is 5.44. The number of hydrogen-bond acceptors (Lipinski definition) is 6. The molecule has 0 fully saturated rings. The summed E-state index contributed by atoms with van der Waals surface area (Å²) in [5.74, 6) is -3.79. The number of carbonyl (C=O) groups excluding carboxylic acids is 2. The van der Waals surface area contributed by atoms with E-state index in [2.05, 4.69) is 15.0 Å². The van der Waals surface area contributed by atoms with Crippen molar-refractivity contribution in [3.05, 3.63) is 86.3 Å². The van der Waals surface area contributed by atoms with Crippen molar-refractivity contribution in [1.29, 1.82) is 0 Å². The molecule has 1 aliphatic carbocycles. The number of halogens is 7. The highest BCUT2D eigenvalue weighted by Gasteiger charge is 2.60. The molecule has 1 spiro atoms. The number of amides is 1. The summed E-state index contributed by atoms with van der Waals surface area (Å²) in [6, 6.07) is 5.61. The molecule has 8 nitrogen and oxygen atoms in total. The SMILES string of the molecule is Cn1c(=O)n(CC(F)F)c2cc(Nc3nsc4c(C(F)(F)F)cc(F)cc34)c3c(c21)C(=O)NC31C(=O)c2ccc(F)cc21. The number of nitrogens with one attached hydrogen (secondary N) is 2. The maximum Gasteiger partial charge on any atom is 0.417 e. The normalized spacial score (nSPS) is 17.6. The Bertz CT molecular complexity index is 2150. The van der Waals surface area contributed by atoms with Crippen LogP contribution in [-0.2, 0) is 25.3 Å². The number of aromatic nitrogens is 3. The number of Topliss-reactive ketones (excluding diaryl/α,β-unsaturated/α-hetero) is 1. The smallest absolute Gasteiger partial charge is 0.338 e. The molecule has 1 unspecified atom stereocenters. The lowest BCUT2D eigenvalue weighted by molar-refractivity contribution is -0.136. The van der Waals surface area contributed by atoms with Crippen molar-refractivity contribution in [3.63, 3.8) is 0 Å². The summed E-state index contributed by atoms with van der Waals surface area (Å²) in [6.45, 7) is -1.06. The fourth-order valence-corrected chi connectivity index (χ4v) is 6.85. The van der Waals surface area contributed by atoms with Gasteiger partial charge in [0.2, 0.25) is 0 Å². The number of imidazole rings is 1. The highest BCUT2D eigenvalue weighted by atomic mass is 32.1. The first-order valence-corrected chi connectivity index (χ1v) is 13.2. The fraction of sp³-hybridized carbons (Fsp3) is 0.185. The van der Waals surface area contributed by atoms with Gasteiger partial charge in [0.05, 0.1) is 33.4 Å². The molecular formula is C27H14F7N5O3S. The van der Waals surface area contributed by atoms with E-state index in [0.717, 1.165) is 22.8 Å². The van der Waals surface area contributed by atoms with Crippen LogP contribution in [0.1, 0.15) is 37.4 Å². The Balaban J connectivity index is 1.55. The van der Waals surface area contributed by atoms with Crippen LogP contribution in [0.5, 0.6) is 0 Å². The summed E-state index contributed by atoms with van der Waals surface area (Å²) in [5.41, 5.74) is -4.85. The Morgan fingerprint density at radius 2 is 1.81 bits per heavy atom. The summed E-state index contributed by atoms with van der Waals surface area (Å²) in [5, 5.41) is 5.02. The standard InChI is InChI=1S/C27H14F7N5O3S/c1-38-20-16(39(25(38)42)8-17(30)31)7-15(35-23-12-4-10(29)6-14(27(32,33)34)21(12)43-37-23)19-18(20)24(41)36-26(19)13-5-9(28)2-3-11(13)22(26)40/h2-7,17H,8H2,1H3,(H,35,37)(H,36,41). The molecule has 3 heterocycles. The quantitative estimate of drug-likeness (QED) is 0.261. The second kappa shape index (κ2) is 8.65. The van der Waals surface area contributed by atoms with Gasteiger partial charge in [-0.2, -0.15) is 17.5 Å². The Morgan fingerprint density at radius 1 is 1.07 bits per heavy atom. The number of ketones is 1. The number of benzene rings is 3. The molecular weight excluding hydrogens is 607 g/mol. The highest BCUT2D eigenvalue weighted by Crippen LogP contribution is 2.53. The van der Waals surface area contributed by atoms with Crippen molar-refractivity contribution < 1.29 is 40.3 Å². The number of rotatable bonds is 4. The molecule has 0 saturated carbocycles. The molecule has 5 aromatic rings. The van der Waals surface area contributed by atoms with Gasteiger partial charge in [0, 0.05) is 34.8 Å². The molecule has 2 N–H and O–H groups in total. The summed E-state index contributed by atoms with van der Waals surface area (Å²) >= 11 is 0.405. The Labute approximate surface area is 238 Å². The van der Waals surface area contributed by atoms with Gasteiger partial charge in [-0.3, -0.25) is 18.7 Å². The number of nitrogens with zero attached hydrogens (tertiary/aromatic N) is 3. The zero-order chi connectivity index (χ0) is 30.7. The maximum atomic E-state index is 14.4. The zero-order valence-corrected chi connectivity index (χ0v) is 22.2. The molecule has 220 valence electrons. The lowest BCUT2D eigenvalue weighted by Crippen LogP contribution is -2.55. The van der Waals surface area contributed by atoms with Crippen molar-refractivity contribution in [3.8, 4) is 0 Å². The first kappa shape index (κ1) is 27.1. The zero-order valence-electron chi connectivity index (χ0n) is 21.4. The molecule has 3 aromatic carbocycles. The van der Waals surface area contributed by atoms with Gasteiger partial charge in [0.25, 0.3) is 12.3 Å². The second-order valence-corrected chi connectivity index (χ2v) is 10.9. The number of hydrogen-bond donors (Lipinski definition) is 2. The van der Waals surface area contributed by atoms with E-state index in [1.807, 2.05) is 0 Å². The van der Waals surface area contributed by atoms with Crippen LogP contribution in [0.4, 0.5) is 42.2 Å². The molecule has 16 heteroatoms. The Kier molecular flexibility index (Phi) is 5.46. The average molecular weight is 621 g/mol. The van der Waals surface area contributed by atoms with Crippen molar-refractivity contribution in [2.45, 2.75) is 24.7 Å². The van der Waals surface area contributed by atoms with Crippen molar-refractivity contribution in [1.82, 2.24) is 18.8 Å². The molecule has 0 saturated heterocycles. The minimum absolute atomic E-state index is 0.0672.